The van der Waals surface area contributed by atoms with Crippen LogP contribution in [0, 0.1) is 0 Å². The van der Waals surface area contributed by atoms with E-state index in [0.29, 0.717) is 6.54 Å². The third-order valence-electron chi connectivity index (χ3n) is 2.23. The van der Waals surface area contributed by atoms with Crippen molar-refractivity contribution in [2.75, 3.05) is 6.54 Å². The summed E-state index contributed by atoms with van der Waals surface area (Å²) in [6.07, 6.45) is 0.747. The Hall–Kier alpha value is 0.784. The van der Waals surface area contributed by atoms with Gasteiger partial charge in [-0.1, -0.05) is 0 Å². The maximum absolute atomic E-state index is 11.8. The predicted octanol–water partition coefficient (Wildman–Crippen LogP) is 0.0120. The van der Waals surface area contributed by atoms with Crippen molar-refractivity contribution < 1.29 is 14.3 Å². The molecular weight excluding hydrogens is 597 g/mol. The van der Waals surface area contributed by atoms with Gasteiger partial charge in [0.2, 0.25) is 0 Å². The number of rotatable bonds is 2. The van der Waals surface area contributed by atoms with Crippen LogP contribution in [0.2, 0.25) is 1.04 Å². The number of hydrogen-bond donors (Lipinski definition) is 0. The minimum atomic E-state index is -0.470. The van der Waals surface area contributed by atoms with Crippen molar-refractivity contribution in [2.45, 2.75) is 39.9 Å². The van der Waals surface area contributed by atoms with Crippen LogP contribution >= 0.6 is 0 Å². The molecule has 16 heavy (non-hydrogen) atoms. The van der Waals surface area contributed by atoms with E-state index in [4.69, 9.17) is 4.74 Å². The summed E-state index contributed by atoms with van der Waals surface area (Å²) in [7, 11) is 0. The van der Waals surface area contributed by atoms with E-state index in [0.717, 1.165) is 58.0 Å². The average Bonchev–Trinajstić information content (AvgIpc) is 1.97. The van der Waals surface area contributed by atoms with Gasteiger partial charge in [-0.15, -0.1) is 0 Å². The first-order valence-corrected chi connectivity index (χ1v) is 9.67. The molecule has 0 saturated carbocycles. The molecule has 0 aromatic rings. The van der Waals surface area contributed by atoms with Gasteiger partial charge in [0.05, 0.1) is 0 Å². The molecule has 6 radical (unpaired) electrons. The van der Waals surface area contributed by atoms with Gasteiger partial charge in [-0.25, -0.2) is 0 Å². The van der Waals surface area contributed by atoms with E-state index in [1.165, 1.54) is 0 Å². The molecule has 1 heterocycles. The van der Waals surface area contributed by atoms with Gasteiger partial charge < -0.3 is 0 Å². The summed E-state index contributed by atoms with van der Waals surface area (Å²) in [5.41, 5.74) is -0.470. The SMILES string of the molecule is CC(C)(C)OC(=O)C1CCN1C(=O)[CH]([Pb])[Pb]. The molecule has 1 aliphatic heterocycles. The van der Waals surface area contributed by atoms with Crippen molar-refractivity contribution in [3.05, 3.63) is 0 Å². The number of amides is 1. The minimum absolute atomic E-state index is 0.153. The van der Waals surface area contributed by atoms with E-state index in [-0.39, 0.29) is 19.0 Å². The van der Waals surface area contributed by atoms with Gasteiger partial charge in [-0.3, -0.25) is 0 Å². The Morgan fingerprint density at radius 3 is 2.25 bits per heavy atom. The zero-order valence-electron chi connectivity index (χ0n) is 9.74. The summed E-state index contributed by atoms with van der Waals surface area (Å²) in [5, 5.41) is 0. The van der Waals surface area contributed by atoms with Crippen molar-refractivity contribution >= 4 is 63.4 Å². The fourth-order valence-electron chi connectivity index (χ4n) is 1.43. The van der Waals surface area contributed by atoms with Crippen LogP contribution < -0.4 is 0 Å². The Morgan fingerprint density at radius 2 is 1.94 bits per heavy atom. The number of esters is 1. The van der Waals surface area contributed by atoms with Crippen LogP contribution in [0.5, 0.6) is 0 Å². The Labute approximate surface area is 128 Å². The van der Waals surface area contributed by atoms with E-state index in [9.17, 15) is 9.59 Å². The van der Waals surface area contributed by atoms with Crippen LogP contribution in [-0.2, 0) is 14.3 Å². The predicted molar refractivity (Wildman–Crippen MR) is 61.2 cm³/mol. The fraction of sp³-hybridized carbons (Fsp3) is 0.800. The quantitative estimate of drug-likeness (QED) is 0.327. The molecule has 4 nitrogen and oxygen atoms in total. The van der Waals surface area contributed by atoms with Crippen LogP contribution in [0.4, 0.5) is 0 Å². The molecule has 0 aromatic heterocycles. The van der Waals surface area contributed by atoms with E-state index < -0.39 is 5.60 Å². The molecule has 1 amide bonds. The first kappa shape index (κ1) is 14.8. The van der Waals surface area contributed by atoms with E-state index in [1.54, 1.807) is 4.90 Å². The second-order valence-corrected chi connectivity index (χ2v) is 18.0. The van der Waals surface area contributed by atoms with Gasteiger partial charge in [0, 0.05) is 0 Å². The van der Waals surface area contributed by atoms with Gasteiger partial charge in [0.25, 0.3) is 0 Å². The zero-order chi connectivity index (χ0) is 12.5. The van der Waals surface area contributed by atoms with E-state index in [2.05, 4.69) is 0 Å². The molecule has 0 N–H and O–H groups in total. The van der Waals surface area contributed by atoms with Crippen LogP contribution in [0.1, 0.15) is 27.2 Å². The molecular formula is C10H15NO3Pb2. The molecule has 86 valence electrons. The molecule has 1 aliphatic rings. The Balaban J connectivity index is 2.56. The number of hydrogen-bond acceptors (Lipinski definition) is 3. The second-order valence-electron chi connectivity index (χ2n) is 4.80. The Morgan fingerprint density at radius 1 is 1.38 bits per heavy atom. The summed E-state index contributed by atoms with van der Waals surface area (Å²) in [5.74, 6) is -0.100. The van der Waals surface area contributed by atoms with E-state index in [1.807, 2.05) is 20.8 Å². The zero-order valence-corrected chi connectivity index (χ0v) is 17.5. The fourth-order valence-corrected chi connectivity index (χ4v) is 2.72. The monoisotopic (exact) mass is 613 g/mol. The molecule has 1 saturated heterocycles. The molecule has 1 rings (SSSR count). The third kappa shape index (κ3) is 3.92. The van der Waals surface area contributed by atoms with Gasteiger partial charge in [0.15, 0.2) is 0 Å². The number of likely N-dealkylation sites (tertiary alicyclic amines) is 1. The standard InChI is InChI=1S/C10H15NO3.2Pb/c1-7(12)11-6-5-8(11)9(13)14-10(2,3)4;;/h1,8H,5-6H2,2-4H3;;. The van der Waals surface area contributed by atoms with Crippen LogP contribution in [0.3, 0.4) is 0 Å². The maximum atomic E-state index is 11.8. The molecule has 1 unspecified atom stereocenters. The molecule has 1 fully saturated rings. The number of carbonyl (C=O) groups excluding carboxylic acids is 2. The Kier molecular flexibility index (Phi) is 5.21. The molecule has 1 atom stereocenters. The third-order valence-corrected chi connectivity index (χ3v) is 4.15. The first-order chi connectivity index (χ1) is 7.22. The second kappa shape index (κ2) is 5.62. The topological polar surface area (TPSA) is 46.6 Å². The average molecular weight is 612 g/mol. The number of carbonyl (C=O) groups is 2. The van der Waals surface area contributed by atoms with Gasteiger partial charge in [0.1, 0.15) is 0 Å². The summed E-state index contributed by atoms with van der Waals surface area (Å²) >= 11 is 1.77. The molecule has 0 spiro atoms. The van der Waals surface area contributed by atoms with Gasteiger partial charge in [-0.05, 0) is 0 Å². The van der Waals surface area contributed by atoms with Crippen LogP contribution in [0.15, 0.2) is 0 Å². The molecule has 0 aliphatic carbocycles. The molecule has 0 aromatic carbocycles. The first-order valence-electron chi connectivity index (χ1n) is 5.18. The molecule has 0 bridgehead atoms. The van der Waals surface area contributed by atoms with Gasteiger partial charge >= 0.3 is 129 Å². The summed E-state index contributed by atoms with van der Waals surface area (Å²) in [6, 6.07) is -0.322. The van der Waals surface area contributed by atoms with Crippen molar-refractivity contribution in [3.63, 3.8) is 0 Å². The number of ether oxygens (including phenoxy) is 1. The number of nitrogens with zero attached hydrogens (tertiary/aromatic N) is 1. The van der Waals surface area contributed by atoms with Crippen molar-refractivity contribution in [2.24, 2.45) is 0 Å². The van der Waals surface area contributed by atoms with E-state index >= 15 is 0 Å². The Bertz CT molecular complexity index is 299. The van der Waals surface area contributed by atoms with Crippen molar-refractivity contribution in [1.29, 1.82) is 0 Å². The van der Waals surface area contributed by atoms with Crippen LogP contribution in [-0.4, -0.2) is 86.5 Å². The summed E-state index contributed by atoms with van der Waals surface area (Å²) in [4.78, 5) is 25.3. The van der Waals surface area contributed by atoms with Crippen molar-refractivity contribution in [3.8, 4) is 0 Å². The van der Waals surface area contributed by atoms with Crippen LogP contribution in [0.25, 0.3) is 0 Å². The van der Waals surface area contributed by atoms with Crippen molar-refractivity contribution in [1.82, 2.24) is 4.90 Å². The molecule has 6 heteroatoms. The normalized spacial score (nSPS) is 20.6. The van der Waals surface area contributed by atoms with Gasteiger partial charge in [-0.2, -0.15) is 0 Å². The summed E-state index contributed by atoms with van der Waals surface area (Å²) in [6.45, 7) is 6.25. The summed E-state index contributed by atoms with van der Waals surface area (Å²) < 4.78 is 5.50.